The first-order valence-electron chi connectivity index (χ1n) is 9.61. The van der Waals surface area contributed by atoms with Crippen LogP contribution in [0.2, 0.25) is 0 Å². The molecule has 0 aliphatic carbocycles. The SMILES string of the molecule is COc1ccc(CCCN2CCN(C)CC2)cc1CN1CCOCC1. The third-order valence-corrected chi connectivity index (χ3v) is 5.38. The van der Waals surface area contributed by atoms with E-state index in [1.165, 1.54) is 50.3 Å². The third-order valence-electron chi connectivity index (χ3n) is 5.38. The van der Waals surface area contributed by atoms with Gasteiger partial charge in [-0.25, -0.2) is 0 Å². The van der Waals surface area contributed by atoms with Crippen molar-refractivity contribution in [2.24, 2.45) is 0 Å². The molecule has 2 aliphatic heterocycles. The van der Waals surface area contributed by atoms with E-state index in [2.05, 4.69) is 39.9 Å². The van der Waals surface area contributed by atoms with E-state index < -0.39 is 0 Å². The Kier molecular flexibility index (Phi) is 7.11. The van der Waals surface area contributed by atoms with Gasteiger partial charge in [0, 0.05) is 51.4 Å². The van der Waals surface area contributed by atoms with Crippen LogP contribution in [0.4, 0.5) is 0 Å². The Hall–Kier alpha value is -1.14. The number of aryl methyl sites for hydroxylation is 1. The molecule has 0 unspecified atom stereocenters. The zero-order chi connectivity index (χ0) is 17.5. The van der Waals surface area contributed by atoms with Crippen LogP contribution in [0, 0.1) is 0 Å². The summed E-state index contributed by atoms with van der Waals surface area (Å²) >= 11 is 0. The maximum absolute atomic E-state index is 5.58. The Morgan fingerprint density at radius 3 is 2.48 bits per heavy atom. The van der Waals surface area contributed by atoms with Gasteiger partial charge in [-0.05, 0) is 38.1 Å². The highest BCUT2D eigenvalue weighted by Gasteiger charge is 2.15. The zero-order valence-electron chi connectivity index (χ0n) is 15.9. The Morgan fingerprint density at radius 1 is 1.00 bits per heavy atom. The molecule has 0 atom stereocenters. The van der Waals surface area contributed by atoms with Crippen LogP contribution < -0.4 is 4.74 Å². The van der Waals surface area contributed by atoms with Gasteiger partial charge in [-0.3, -0.25) is 4.90 Å². The van der Waals surface area contributed by atoms with Gasteiger partial charge in [-0.15, -0.1) is 0 Å². The van der Waals surface area contributed by atoms with Crippen LogP contribution in [-0.4, -0.2) is 87.9 Å². The van der Waals surface area contributed by atoms with Crippen LogP contribution >= 0.6 is 0 Å². The number of ether oxygens (including phenoxy) is 2. The van der Waals surface area contributed by atoms with Crippen molar-refractivity contribution in [3.05, 3.63) is 29.3 Å². The Morgan fingerprint density at radius 2 is 1.76 bits per heavy atom. The molecule has 2 fully saturated rings. The van der Waals surface area contributed by atoms with Crippen LogP contribution in [0.5, 0.6) is 5.75 Å². The minimum Gasteiger partial charge on any atom is -0.496 e. The average molecular weight is 348 g/mol. The van der Waals surface area contributed by atoms with E-state index >= 15 is 0 Å². The molecule has 0 aromatic heterocycles. The predicted molar refractivity (Wildman–Crippen MR) is 101 cm³/mol. The summed E-state index contributed by atoms with van der Waals surface area (Å²) in [5.41, 5.74) is 2.74. The summed E-state index contributed by atoms with van der Waals surface area (Å²) in [5.74, 6) is 1.01. The lowest BCUT2D eigenvalue weighted by molar-refractivity contribution is 0.0339. The molecule has 5 nitrogen and oxygen atoms in total. The summed E-state index contributed by atoms with van der Waals surface area (Å²) in [6.07, 6.45) is 2.37. The number of hydrogen-bond donors (Lipinski definition) is 0. The van der Waals surface area contributed by atoms with Crippen molar-refractivity contribution in [3.8, 4) is 5.75 Å². The van der Waals surface area contributed by atoms with E-state index in [0.717, 1.165) is 45.0 Å². The highest BCUT2D eigenvalue weighted by Crippen LogP contribution is 2.23. The molecule has 0 saturated carbocycles. The topological polar surface area (TPSA) is 28.2 Å². The number of hydrogen-bond acceptors (Lipinski definition) is 5. The molecule has 2 aliphatic rings. The zero-order valence-corrected chi connectivity index (χ0v) is 15.9. The van der Waals surface area contributed by atoms with E-state index in [0.29, 0.717) is 0 Å². The van der Waals surface area contributed by atoms with Gasteiger partial charge in [0.15, 0.2) is 0 Å². The standard InChI is InChI=1S/C20H33N3O2/c1-21-8-10-22(11-9-21)7-3-4-18-5-6-20(24-2)19(16-18)17-23-12-14-25-15-13-23/h5-6,16H,3-4,7-15,17H2,1-2H3. The van der Waals surface area contributed by atoms with Gasteiger partial charge < -0.3 is 19.3 Å². The van der Waals surface area contributed by atoms with Gasteiger partial charge in [0.1, 0.15) is 5.75 Å². The first kappa shape index (κ1) is 18.6. The number of nitrogens with zero attached hydrogens (tertiary/aromatic N) is 3. The van der Waals surface area contributed by atoms with Crippen LogP contribution in [0.25, 0.3) is 0 Å². The molecule has 2 saturated heterocycles. The number of rotatable bonds is 7. The molecule has 2 heterocycles. The Balaban J connectivity index is 1.51. The summed E-state index contributed by atoms with van der Waals surface area (Å²) in [6, 6.07) is 6.71. The summed E-state index contributed by atoms with van der Waals surface area (Å²) in [6.45, 7) is 10.7. The molecular weight excluding hydrogens is 314 g/mol. The lowest BCUT2D eigenvalue weighted by atomic mass is 10.0. The molecular formula is C20H33N3O2. The number of morpholine rings is 1. The van der Waals surface area contributed by atoms with Crippen molar-refractivity contribution in [2.75, 3.05) is 73.2 Å². The fourth-order valence-corrected chi connectivity index (χ4v) is 3.69. The van der Waals surface area contributed by atoms with Crippen LogP contribution in [0.3, 0.4) is 0 Å². The lowest BCUT2D eigenvalue weighted by Gasteiger charge is -2.32. The first-order chi connectivity index (χ1) is 12.2. The summed E-state index contributed by atoms with van der Waals surface area (Å²) in [5, 5.41) is 0. The van der Waals surface area contributed by atoms with Crippen LogP contribution in [0.1, 0.15) is 17.5 Å². The monoisotopic (exact) mass is 347 g/mol. The molecule has 5 heteroatoms. The summed E-state index contributed by atoms with van der Waals surface area (Å²) < 4.78 is 11.0. The molecule has 0 N–H and O–H groups in total. The average Bonchev–Trinajstić information content (AvgIpc) is 2.64. The van der Waals surface area contributed by atoms with Crippen molar-refractivity contribution in [1.82, 2.24) is 14.7 Å². The maximum Gasteiger partial charge on any atom is 0.123 e. The number of methoxy groups -OCH3 is 1. The van der Waals surface area contributed by atoms with Crippen LogP contribution in [-0.2, 0) is 17.7 Å². The second-order valence-electron chi connectivity index (χ2n) is 7.28. The van der Waals surface area contributed by atoms with Gasteiger partial charge >= 0.3 is 0 Å². The smallest absolute Gasteiger partial charge is 0.123 e. The Bertz CT molecular complexity index is 524. The van der Waals surface area contributed by atoms with E-state index in [1.807, 2.05) is 0 Å². The predicted octanol–water partition coefficient (Wildman–Crippen LogP) is 1.71. The molecule has 1 aromatic rings. The van der Waals surface area contributed by atoms with Crippen molar-refractivity contribution >= 4 is 0 Å². The molecule has 0 bridgehead atoms. The van der Waals surface area contributed by atoms with Crippen molar-refractivity contribution in [2.45, 2.75) is 19.4 Å². The second-order valence-corrected chi connectivity index (χ2v) is 7.28. The van der Waals surface area contributed by atoms with Gasteiger partial charge in [0.05, 0.1) is 20.3 Å². The number of benzene rings is 1. The quantitative estimate of drug-likeness (QED) is 0.749. The molecule has 0 amide bonds. The van der Waals surface area contributed by atoms with E-state index in [9.17, 15) is 0 Å². The minimum atomic E-state index is 0.840. The molecule has 1 aromatic carbocycles. The minimum absolute atomic E-state index is 0.840. The maximum atomic E-state index is 5.58. The van der Waals surface area contributed by atoms with Crippen molar-refractivity contribution < 1.29 is 9.47 Å². The molecule has 140 valence electrons. The molecule has 25 heavy (non-hydrogen) atoms. The number of likely N-dealkylation sites (N-methyl/N-ethyl adjacent to an activating group) is 1. The fourth-order valence-electron chi connectivity index (χ4n) is 3.69. The third kappa shape index (κ3) is 5.68. The van der Waals surface area contributed by atoms with Gasteiger partial charge in [0.25, 0.3) is 0 Å². The first-order valence-corrected chi connectivity index (χ1v) is 9.61. The van der Waals surface area contributed by atoms with Gasteiger partial charge in [0.2, 0.25) is 0 Å². The van der Waals surface area contributed by atoms with Gasteiger partial charge in [-0.1, -0.05) is 12.1 Å². The van der Waals surface area contributed by atoms with Crippen molar-refractivity contribution in [3.63, 3.8) is 0 Å². The van der Waals surface area contributed by atoms with Crippen LogP contribution in [0.15, 0.2) is 18.2 Å². The Labute approximate surface area is 152 Å². The molecule has 3 rings (SSSR count). The lowest BCUT2D eigenvalue weighted by Crippen LogP contribution is -2.44. The normalized spacial score (nSPS) is 20.7. The summed E-state index contributed by atoms with van der Waals surface area (Å²) in [7, 11) is 3.98. The second kappa shape index (κ2) is 9.53. The van der Waals surface area contributed by atoms with E-state index in [4.69, 9.17) is 9.47 Å². The molecule has 0 radical (unpaired) electrons. The van der Waals surface area contributed by atoms with E-state index in [-0.39, 0.29) is 0 Å². The molecule has 0 spiro atoms. The summed E-state index contributed by atoms with van der Waals surface area (Å²) in [4.78, 5) is 7.46. The highest BCUT2D eigenvalue weighted by molar-refractivity contribution is 5.37. The fraction of sp³-hybridized carbons (Fsp3) is 0.700. The largest absolute Gasteiger partial charge is 0.496 e. The highest BCUT2D eigenvalue weighted by atomic mass is 16.5. The van der Waals surface area contributed by atoms with E-state index in [1.54, 1.807) is 7.11 Å². The van der Waals surface area contributed by atoms with Gasteiger partial charge in [-0.2, -0.15) is 0 Å². The van der Waals surface area contributed by atoms with Crippen molar-refractivity contribution in [1.29, 1.82) is 0 Å². The number of piperazine rings is 1.